The Balaban J connectivity index is 1.69. The summed E-state index contributed by atoms with van der Waals surface area (Å²) in [5.41, 5.74) is 3.23. The van der Waals surface area contributed by atoms with Crippen molar-refractivity contribution in [3.05, 3.63) is 107 Å². The molecular weight excluding hydrogens is 475 g/mol. The van der Waals surface area contributed by atoms with Crippen molar-refractivity contribution in [1.29, 1.82) is 0 Å². The zero-order chi connectivity index (χ0) is 26.5. The van der Waals surface area contributed by atoms with E-state index in [1.165, 1.54) is 25.3 Å². The van der Waals surface area contributed by atoms with Crippen molar-refractivity contribution < 1.29 is 28.2 Å². The number of aryl methyl sites for hydroxylation is 1. The van der Waals surface area contributed by atoms with Crippen LogP contribution in [0.4, 0.5) is 14.9 Å². The van der Waals surface area contributed by atoms with Gasteiger partial charge < -0.3 is 9.47 Å². The fraction of sp³-hybridized carbons (Fsp3) is 0.138. The van der Waals surface area contributed by atoms with E-state index < -0.39 is 23.7 Å². The van der Waals surface area contributed by atoms with Crippen LogP contribution in [0.2, 0.25) is 0 Å². The topological polar surface area (TPSA) is 84.9 Å². The number of carbonyl (C=O) groups excluding carboxylic acids is 3. The molecule has 0 saturated carbocycles. The lowest BCUT2D eigenvalue weighted by Crippen LogP contribution is -2.54. The zero-order valence-electron chi connectivity index (χ0n) is 20.4. The van der Waals surface area contributed by atoms with Crippen LogP contribution in [0.5, 0.6) is 11.5 Å². The number of allylic oxidation sites excluding steroid dienone is 1. The van der Waals surface area contributed by atoms with Gasteiger partial charge in [0.1, 0.15) is 18.0 Å². The zero-order valence-corrected chi connectivity index (χ0v) is 20.4. The standard InChI is InChI=1S/C29H25FN2O5/c1-4-5-21-14-20(16-25(36-3)26(21)37-17-19-8-6-18(2)7-9-19)15-24-27(33)31-29(35)32(28(24)34)23-12-10-22(30)11-13-23/h4,6-16H,1,5,17H2,2-3H3,(H,31,33,35)/b24-15+. The number of nitrogens with one attached hydrogen (secondary N) is 1. The van der Waals surface area contributed by atoms with E-state index >= 15 is 0 Å². The molecule has 1 fully saturated rings. The van der Waals surface area contributed by atoms with Crippen molar-refractivity contribution >= 4 is 29.6 Å². The summed E-state index contributed by atoms with van der Waals surface area (Å²) in [6.45, 7) is 6.13. The minimum Gasteiger partial charge on any atom is -0.493 e. The van der Waals surface area contributed by atoms with E-state index in [0.717, 1.165) is 33.7 Å². The van der Waals surface area contributed by atoms with E-state index in [4.69, 9.17) is 9.47 Å². The number of hydrogen-bond donors (Lipinski definition) is 1. The highest BCUT2D eigenvalue weighted by atomic mass is 19.1. The lowest BCUT2D eigenvalue weighted by atomic mass is 10.0. The first-order chi connectivity index (χ1) is 17.8. The van der Waals surface area contributed by atoms with E-state index in [9.17, 15) is 18.8 Å². The van der Waals surface area contributed by atoms with Gasteiger partial charge in [-0.1, -0.05) is 35.9 Å². The number of urea groups is 1. The van der Waals surface area contributed by atoms with Crippen LogP contribution in [-0.4, -0.2) is 25.0 Å². The molecule has 1 heterocycles. The molecule has 4 amide bonds. The van der Waals surface area contributed by atoms with Crippen molar-refractivity contribution in [2.75, 3.05) is 12.0 Å². The number of imide groups is 2. The van der Waals surface area contributed by atoms with Crippen molar-refractivity contribution in [2.45, 2.75) is 20.0 Å². The van der Waals surface area contributed by atoms with Crippen molar-refractivity contribution in [1.82, 2.24) is 5.32 Å². The molecule has 0 aliphatic carbocycles. The number of benzene rings is 3. The second-order valence-corrected chi connectivity index (χ2v) is 8.41. The fourth-order valence-corrected chi connectivity index (χ4v) is 3.88. The molecule has 7 nitrogen and oxygen atoms in total. The Morgan fingerprint density at radius 2 is 1.73 bits per heavy atom. The number of ether oxygens (including phenoxy) is 2. The SMILES string of the molecule is C=CCc1cc(/C=C2\C(=O)NC(=O)N(c3ccc(F)cc3)C2=O)cc(OC)c1OCc1ccc(C)cc1. The molecule has 4 rings (SSSR count). The molecule has 3 aromatic carbocycles. The molecule has 1 saturated heterocycles. The van der Waals surface area contributed by atoms with Gasteiger partial charge in [-0.3, -0.25) is 14.9 Å². The molecule has 37 heavy (non-hydrogen) atoms. The van der Waals surface area contributed by atoms with E-state index in [2.05, 4.69) is 11.9 Å². The Kier molecular flexibility index (Phi) is 7.48. The summed E-state index contributed by atoms with van der Waals surface area (Å²) in [5.74, 6) is -1.25. The van der Waals surface area contributed by atoms with Crippen molar-refractivity contribution in [3.63, 3.8) is 0 Å². The van der Waals surface area contributed by atoms with Gasteiger partial charge in [-0.2, -0.15) is 0 Å². The number of hydrogen-bond acceptors (Lipinski definition) is 5. The predicted molar refractivity (Wildman–Crippen MR) is 138 cm³/mol. The Labute approximate surface area is 213 Å². The van der Waals surface area contributed by atoms with Crippen LogP contribution in [0.3, 0.4) is 0 Å². The number of nitrogens with zero attached hydrogens (tertiary/aromatic N) is 1. The Morgan fingerprint density at radius 1 is 1.03 bits per heavy atom. The number of methoxy groups -OCH3 is 1. The molecule has 0 unspecified atom stereocenters. The van der Waals surface area contributed by atoms with Gasteiger partial charge in [-0.05, 0) is 66.9 Å². The maximum atomic E-state index is 13.3. The summed E-state index contributed by atoms with van der Waals surface area (Å²) in [5, 5.41) is 2.16. The van der Waals surface area contributed by atoms with Crippen LogP contribution in [-0.2, 0) is 22.6 Å². The van der Waals surface area contributed by atoms with Gasteiger partial charge in [0, 0.05) is 5.56 Å². The summed E-state index contributed by atoms with van der Waals surface area (Å²) in [6, 6.07) is 15.3. The van der Waals surface area contributed by atoms with E-state index in [1.807, 2.05) is 31.2 Å². The summed E-state index contributed by atoms with van der Waals surface area (Å²) in [4.78, 5) is 38.9. The number of barbiturate groups is 1. The van der Waals surface area contributed by atoms with Crippen molar-refractivity contribution in [2.24, 2.45) is 0 Å². The molecular formula is C29H25FN2O5. The third-order valence-electron chi connectivity index (χ3n) is 5.74. The highest BCUT2D eigenvalue weighted by Crippen LogP contribution is 2.35. The van der Waals surface area contributed by atoms with E-state index in [-0.39, 0.29) is 11.3 Å². The third-order valence-corrected chi connectivity index (χ3v) is 5.74. The van der Waals surface area contributed by atoms with Crippen LogP contribution in [0, 0.1) is 12.7 Å². The molecule has 1 aliphatic rings. The van der Waals surface area contributed by atoms with Gasteiger partial charge in [0.15, 0.2) is 11.5 Å². The van der Waals surface area contributed by atoms with Crippen LogP contribution in [0.15, 0.2) is 78.9 Å². The highest BCUT2D eigenvalue weighted by Gasteiger charge is 2.36. The first kappa shape index (κ1) is 25.4. The second-order valence-electron chi connectivity index (χ2n) is 8.41. The number of carbonyl (C=O) groups is 3. The molecule has 0 radical (unpaired) electrons. The van der Waals surface area contributed by atoms with Gasteiger partial charge in [0.05, 0.1) is 12.8 Å². The largest absolute Gasteiger partial charge is 0.493 e. The second kappa shape index (κ2) is 10.9. The average Bonchev–Trinajstić information content (AvgIpc) is 2.88. The van der Waals surface area contributed by atoms with Crippen LogP contribution in [0.1, 0.15) is 22.3 Å². The van der Waals surface area contributed by atoms with Gasteiger partial charge in [0.2, 0.25) is 0 Å². The maximum absolute atomic E-state index is 13.3. The molecule has 188 valence electrons. The molecule has 1 N–H and O–H groups in total. The van der Waals surface area contributed by atoms with Crippen molar-refractivity contribution in [3.8, 4) is 11.5 Å². The first-order valence-electron chi connectivity index (χ1n) is 11.5. The number of rotatable bonds is 8. The highest BCUT2D eigenvalue weighted by molar-refractivity contribution is 6.39. The van der Waals surface area contributed by atoms with Crippen LogP contribution in [0.25, 0.3) is 6.08 Å². The Hall–Kier alpha value is -4.72. The number of amides is 4. The third kappa shape index (κ3) is 5.59. The molecule has 0 spiro atoms. The van der Waals surface area contributed by atoms with Crippen LogP contribution >= 0.6 is 0 Å². The fourth-order valence-electron chi connectivity index (χ4n) is 3.88. The lowest BCUT2D eigenvalue weighted by molar-refractivity contribution is -0.122. The Bertz CT molecular complexity index is 1400. The Morgan fingerprint density at radius 3 is 2.38 bits per heavy atom. The number of halogens is 1. The van der Waals surface area contributed by atoms with Gasteiger partial charge in [0.25, 0.3) is 11.8 Å². The molecule has 0 aromatic heterocycles. The monoisotopic (exact) mass is 500 g/mol. The number of anilines is 1. The molecule has 8 heteroatoms. The minimum absolute atomic E-state index is 0.132. The lowest BCUT2D eigenvalue weighted by Gasteiger charge is -2.26. The summed E-state index contributed by atoms with van der Waals surface area (Å²) in [7, 11) is 1.50. The minimum atomic E-state index is -0.913. The summed E-state index contributed by atoms with van der Waals surface area (Å²) in [6.07, 6.45) is 3.52. The summed E-state index contributed by atoms with van der Waals surface area (Å²) < 4.78 is 25.0. The molecule has 1 aliphatic heterocycles. The van der Waals surface area contributed by atoms with E-state index in [1.54, 1.807) is 18.2 Å². The molecule has 0 atom stereocenters. The normalized spacial score (nSPS) is 14.5. The smallest absolute Gasteiger partial charge is 0.335 e. The van der Waals surface area contributed by atoms with Gasteiger partial charge in [-0.15, -0.1) is 6.58 Å². The average molecular weight is 501 g/mol. The summed E-state index contributed by atoms with van der Waals surface area (Å²) >= 11 is 0. The van der Waals surface area contributed by atoms with Gasteiger partial charge >= 0.3 is 6.03 Å². The molecule has 3 aromatic rings. The maximum Gasteiger partial charge on any atom is 0.335 e. The van der Waals surface area contributed by atoms with E-state index in [0.29, 0.717) is 30.1 Å². The molecule has 0 bridgehead atoms. The first-order valence-corrected chi connectivity index (χ1v) is 11.5. The van der Waals surface area contributed by atoms with Gasteiger partial charge in [-0.25, -0.2) is 14.1 Å². The quantitative estimate of drug-likeness (QED) is 0.264. The predicted octanol–water partition coefficient (Wildman–Crippen LogP) is 5.12. The van der Waals surface area contributed by atoms with Crippen LogP contribution < -0.4 is 19.7 Å².